The second-order valence-electron chi connectivity index (χ2n) is 9.10. The Balaban J connectivity index is 1.89. The molecule has 2 aromatic rings. The average Bonchev–Trinajstić information content (AvgIpc) is 2.87. The van der Waals surface area contributed by atoms with Gasteiger partial charge in [0.2, 0.25) is 0 Å². The van der Waals surface area contributed by atoms with Gasteiger partial charge in [0, 0.05) is 44.5 Å². The van der Waals surface area contributed by atoms with Crippen molar-refractivity contribution in [3.63, 3.8) is 0 Å². The van der Waals surface area contributed by atoms with Crippen molar-refractivity contribution < 1.29 is 27.8 Å². The van der Waals surface area contributed by atoms with E-state index in [2.05, 4.69) is 0 Å². The summed E-state index contributed by atoms with van der Waals surface area (Å²) in [5, 5.41) is 9.94. The van der Waals surface area contributed by atoms with Crippen molar-refractivity contribution in [1.82, 2.24) is 4.90 Å². The molecule has 8 nitrogen and oxygen atoms in total. The number of nitrogens with zero attached hydrogens (tertiary/aromatic N) is 2. The highest BCUT2D eigenvalue weighted by Gasteiger charge is 2.30. The Bertz CT molecular complexity index is 1100. The summed E-state index contributed by atoms with van der Waals surface area (Å²) in [6.07, 6.45) is 2.43. The summed E-state index contributed by atoms with van der Waals surface area (Å²) >= 11 is 0. The van der Waals surface area contributed by atoms with E-state index in [0.29, 0.717) is 54.7 Å². The fourth-order valence-electron chi connectivity index (χ4n) is 4.02. The topological polar surface area (TPSA) is 96.4 Å². The van der Waals surface area contributed by atoms with E-state index in [-0.39, 0.29) is 23.5 Å². The molecule has 0 aromatic heterocycles. The lowest BCUT2D eigenvalue weighted by Gasteiger charge is -2.30. The molecule has 0 bridgehead atoms. The van der Waals surface area contributed by atoms with Crippen LogP contribution in [0.4, 0.5) is 5.69 Å². The van der Waals surface area contributed by atoms with Crippen molar-refractivity contribution in [2.24, 2.45) is 5.92 Å². The van der Waals surface area contributed by atoms with Crippen molar-refractivity contribution >= 4 is 21.6 Å². The molecule has 0 aliphatic carbocycles. The highest BCUT2D eigenvalue weighted by atomic mass is 32.2. The lowest BCUT2D eigenvalue weighted by molar-refractivity contribution is 0.0494. The van der Waals surface area contributed by atoms with Gasteiger partial charge in [-0.2, -0.15) is 0 Å². The van der Waals surface area contributed by atoms with Gasteiger partial charge in [0.25, 0.3) is 15.9 Å². The third kappa shape index (κ3) is 6.34. The predicted octanol–water partition coefficient (Wildman–Crippen LogP) is 3.68. The summed E-state index contributed by atoms with van der Waals surface area (Å²) < 4.78 is 40.2. The van der Waals surface area contributed by atoms with Crippen molar-refractivity contribution in [3.05, 3.63) is 53.6 Å². The number of aliphatic hydroxyl groups excluding tert-OH is 1. The van der Waals surface area contributed by atoms with E-state index in [1.165, 1.54) is 21.3 Å². The minimum atomic E-state index is -3.94. The summed E-state index contributed by atoms with van der Waals surface area (Å²) in [4.78, 5) is 13.8. The fourth-order valence-corrected chi connectivity index (χ4v) is 5.80. The molecular formula is C26H36N2O6S. The molecule has 1 aliphatic rings. The van der Waals surface area contributed by atoms with Crippen LogP contribution in [0.25, 0.3) is 0 Å². The average molecular weight is 505 g/mol. The molecule has 0 saturated carbocycles. The summed E-state index contributed by atoms with van der Waals surface area (Å²) in [6.45, 7) is 5.36. The second kappa shape index (κ2) is 11.9. The molecule has 3 rings (SSSR count). The Morgan fingerprint density at radius 2 is 1.80 bits per heavy atom. The van der Waals surface area contributed by atoms with Crippen LogP contribution in [-0.2, 0) is 21.4 Å². The van der Waals surface area contributed by atoms with Crippen molar-refractivity contribution in [3.8, 4) is 5.75 Å². The van der Waals surface area contributed by atoms with Gasteiger partial charge in [-0.05, 0) is 74.6 Å². The largest absolute Gasteiger partial charge is 0.493 e. The molecule has 1 heterocycles. The lowest BCUT2D eigenvalue weighted by Crippen LogP contribution is -2.38. The summed E-state index contributed by atoms with van der Waals surface area (Å²) in [5.41, 5.74) is 1.38. The van der Waals surface area contributed by atoms with E-state index in [1.807, 2.05) is 13.8 Å². The monoisotopic (exact) mass is 504 g/mol. The number of benzene rings is 2. The molecule has 0 radical (unpaired) electrons. The molecule has 1 saturated heterocycles. The van der Waals surface area contributed by atoms with Crippen molar-refractivity contribution in [2.45, 2.75) is 50.7 Å². The van der Waals surface area contributed by atoms with Gasteiger partial charge in [0.1, 0.15) is 5.75 Å². The Morgan fingerprint density at radius 3 is 2.37 bits per heavy atom. The first-order valence-corrected chi connectivity index (χ1v) is 13.4. The maximum Gasteiger partial charge on any atom is 0.264 e. The molecule has 192 valence electrons. The van der Waals surface area contributed by atoms with Crippen molar-refractivity contribution in [2.75, 3.05) is 38.2 Å². The molecule has 1 atom stereocenters. The first-order chi connectivity index (χ1) is 16.7. The summed E-state index contributed by atoms with van der Waals surface area (Å²) in [5.74, 6) is 0.708. The van der Waals surface area contributed by atoms with E-state index in [0.717, 1.165) is 12.8 Å². The first kappa shape index (κ1) is 27.0. The minimum absolute atomic E-state index is 0.0775. The molecule has 0 spiro atoms. The lowest BCUT2D eigenvalue weighted by atomic mass is 10.0. The van der Waals surface area contributed by atoms with E-state index < -0.39 is 10.0 Å². The molecular weight excluding hydrogens is 468 g/mol. The molecule has 2 aromatic carbocycles. The van der Waals surface area contributed by atoms with Crippen LogP contribution in [0.5, 0.6) is 5.75 Å². The smallest absolute Gasteiger partial charge is 0.264 e. The number of hydrogen-bond donors (Lipinski definition) is 1. The second-order valence-corrected chi connectivity index (χ2v) is 10.9. The van der Waals surface area contributed by atoms with Crippen LogP contribution in [-0.4, -0.2) is 64.3 Å². The van der Waals surface area contributed by atoms with Gasteiger partial charge in [-0.1, -0.05) is 6.92 Å². The van der Waals surface area contributed by atoms with Gasteiger partial charge in [-0.3, -0.25) is 9.10 Å². The molecule has 35 heavy (non-hydrogen) atoms. The molecule has 1 aliphatic heterocycles. The van der Waals surface area contributed by atoms with E-state index in [4.69, 9.17) is 9.47 Å². The number of sulfonamides is 1. The van der Waals surface area contributed by atoms with E-state index >= 15 is 0 Å². The number of amides is 1. The Labute approximate surface area is 208 Å². The van der Waals surface area contributed by atoms with Gasteiger partial charge in [0.15, 0.2) is 0 Å². The Morgan fingerprint density at radius 1 is 1.14 bits per heavy atom. The van der Waals surface area contributed by atoms with Crippen LogP contribution in [0, 0.1) is 5.92 Å². The number of aliphatic hydroxyl groups is 1. The number of ether oxygens (including phenoxy) is 2. The number of carbonyl (C=O) groups excluding carboxylic acids is 1. The SMILES string of the molecule is CCC(C)N(c1ccc(C(=O)N(C)C)cc1)S(=O)(=O)c1ccc(OCC2CCOCC2)c(CO)c1. The standard InChI is InChI=1S/C26H36N2O6S/c1-5-19(2)28(23-8-6-21(7-9-23)26(30)27(3)4)35(31,32)24-10-11-25(22(16-24)17-29)34-18-20-12-14-33-15-13-20/h6-11,16,19-20,29H,5,12-15,17-18H2,1-4H3. The minimum Gasteiger partial charge on any atom is -0.493 e. The zero-order chi connectivity index (χ0) is 25.6. The Kier molecular flexibility index (Phi) is 9.15. The third-order valence-corrected chi connectivity index (χ3v) is 8.28. The summed E-state index contributed by atoms with van der Waals surface area (Å²) in [7, 11) is -0.608. The Hall–Kier alpha value is -2.62. The van der Waals surface area contributed by atoms with Gasteiger partial charge in [-0.15, -0.1) is 0 Å². The highest BCUT2D eigenvalue weighted by molar-refractivity contribution is 7.92. The fraction of sp³-hybridized carbons (Fsp3) is 0.500. The molecule has 1 N–H and O–H groups in total. The maximum atomic E-state index is 13.8. The van der Waals surface area contributed by atoms with Crippen LogP contribution in [0.15, 0.2) is 47.4 Å². The van der Waals surface area contributed by atoms with Gasteiger partial charge in [-0.25, -0.2) is 8.42 Å². The van der Waals surface area contributed by atoms with E-state index in [9.17, 15) is 18.3 Å². The van der Waals surface area contributed by atoms with E-state index in [1.54, 1.807) is 44.4 Å². The zero-order valence-corrected chi connectivity index (χ0v) is 21.8. The molecule has 9 heteroatoms. The third-order valence-electron chi connectivity index (χ3n) is 6.34. The zero-order valence-electron chi connectivity index (χ0n) is 20.9. The van der Waals surface area contributed by atoms with Crippen LogP contribution < -0.4 is 9.04 Å². The maximum absolute atomic E-state index is 13.8. The number of rotatable bonds is 10. The summed E-state index contributed by atoms with van der Waals surface area (Å²) in [6, 6.07) is 10.9. The van der Waals surface area contributed by atoms with Gasteiger partial charge >= 0.3 is 0 Å². The normalized spacial score (nSPS) is 15.5. The number of hydrogen-bond acceptors (Lipinski definition) is 6. The van der Waals surface area contributed by atoms with Gasteiger partial charge in [0.05, 0.1) is 23.8 Å². The first-order valence-electron chi connectivity index (χ1n) is 12.0. The highest BCUT2D eigenvalue weighted by Crippen LogP contribution is 2.31. The van der Waals surface area contributed by atoms with Crippen LogP contribution in [0.3, 0.4) is 0 Å². The van der Waals surface area contributed by atoms with Gasteiger partial charge < -0.3 is 19.5 Å². The van der Waals surface area contributed by atoms with Crippen LogP contribution >= 0.6 is 0 Å². The van der Waals surface area contributed by atoms with Crippen LogP contribution in [0.2, 0.25) is 0 Å². The van der Waals surface area contributed by atoms with Crippen LogP contribution in [0.1, 0.15) is 49.0 Å². The molecule has 1 amide bonds. The quantitative estimate of drug-likeness (QED) is 0.530. The number of carbonyl (C=O) groups is 1. The number of anilines is 1. The van der Waals surface area contributed by atoms with Crippen molar-refractivity contribution in [1.29, 1.82) is 0 Å². The molecule has 1 unspecified atom stereocenters. The predicted molar refractivity (Wildman–Crippen MR) is 135 cm³/mol. The molecule has 1 fully saturated rings.